The number of rotatable bonds is 4. The van der Waals surface area contributed by atoms with Crippen LogP contribution < -0.4 is 16.6 Å². The number of carbonyl (C=O) groups is 1. The van der Waals surface area contributed by atoms with Crippen molar-refractivity contribution < 1.29 is 4.79 Å². The number of aryl methyl sites for hydroxylation is 1. The third-order valence-electron chi connectivity index (χ3n) is 2.54. The van der Waals surface area contributed by atoms with Crippen molar-refractivity contribution in [1.82, 2.24) is 15.1 Å². The van der Waals surface area contributed by atoms with Crippen LogP contribution in [-0.2, 0) is 13.6 Å². The zero-order valence-electron chi connectivity index (χ0n) is 10.1. The van der Waals surface area contributed by atoms with Gasteiger partial charge in [-0.25, -0.2) is 0 Å². The predicted molar refractivity (Wildman–Crippen MR) is 68.6 cm³/mol. The molecule has 1 aromatic heterocycles. The molecule has 0 bridgehead atoms. The Morgan fingerprint density at radius 2 is 2.22 bits per heavy atom. The number of hydrogen-bond donors (Lipinski definition) is 3. The molecule has 6 heteroatoms. The Morgan fingerprint density at radius 1 is 1.44 bits per heavy atom. The van der Waals surface area contributed by atoms with Crippen LogP contribution in [0.4, 0.5) is 5.69 Å². The van der Waals surface area contributed by atoms with Crippen LogP contribution in [-0.4, -0.2) is 15.7 Å². The van der Waals surface area contributed by atoms with Crippen LogP contribution in [0, 0.1) is 0 Å². The second kappa shape index (κ2) is 5.33. The molecule has 0 saturated heterocycles. The molecule has 1 aromatic carbocycles. The molecule has 0 aliphatic heterocycles. The van der Waals surface area contributed by atoms with Gasteiger partial charge in [0.2, 0.25) is 0 Å². The van der Waals surface area contributed by atoms with E-state index in [2.05, 4.69) is 15.8 Å². The highest BCUT2D eigenvalue weighted by atomic mass is 16.1. The summed E-state index contributed by atoms with van der Waals surface area (Å²) in [6.07, 6.45) is 3.57. The maximum atomic E-state index is 12.0. The summed E-state index contributed by atoms with van der Waals surface area (Å²) in [6.45, 7) is 0.436. The fourth-order valence-corrected chi connectivity index (χ4v) is 1.65. The van der Waals surface area contributed by atoms with Gasteiger partial charge in [-0.1, -0.05) is 12.1 Å². The maximum Gasteiger partial charge on any atom is 0.253 e. The number of hydrogen-bond acceptors (Lipinski definition) is 4. The van der Waals surface area contributed by atoms with E-state index in [1.807, 2.05) is 19.3 Å². The van der Waals surface area contributed by atoms with Crippen LogP contribution in [0.3, 0.4) is 0 Å². The number of aromatic nitrogens is 2. The molecule has 0 unspecified atom stereocenters. The lowest BCUT2D eigenvalue weighted by molar-refractivity contribution is 0.0951. The van der Waals surface area contributed by atoms with E-state index in [4.69, 9.17) is 5.84 Å². The lowest BCUT2D eigenvalue weighted by Gasteiger charge is -2.08. The summed E-state index contributed by atoms with van der Waals surface area (Å²) in [4.78, 5) is 12.0. The van der Waals surface area contributed by atoms with Gasteiger partial charge in [0.1, 0.15) is 0 Å². The largest absolute Gasteiger partial charge is 0.348 e. The first-order valence-corrected chi connectivity index (χ1v) is 5.52. The zero-order chi connectivity index (χ0) is 13.0. The summed E-state index contributed by atoms with van der Waals surface area (Å²) < 4.78 is 1.69. The van der Waals surface area contributed by atoms with Crippen molar-refractivity contribution in [3.05, 3.63) is 47.8 Å². The van der Waals surface area contributed by atoms with Crippen LogP contribution in [0.5, 0.6) is 0 Å². The number of nitrogens with zero attached hydrogens (tertiary/aromatic N) is 2. The first-order valence-electron chi connectivity index (χ1n) is 5.52. The smallest absolute Gasteiger partial charge is 0.253 e. The third-order valence-corrected chi connectivity index (χ3v) is 2.54. The van der Waals surface area contributed by atoms with Crippen LogP contribution in [0.15, 0.2) is 36.7 Å². The molecule has 6 nitrogen and oxygen atoms in total. The minimum Gasteiger partial charge on any atom is -0.348 e. The van der Waals surface area contributed by atoms with Crippen molar-refractivity contribution in [1.29, 1.82) is 0 Å². The average molecular weight is 245 g/mol. The van der Waals surface area contributed by atoms with Crippen LogP contribution in [0.1, 0.15) is 15.9 Å². The summed E-state index contributed by atoms with van der Waals surface area (Å²) in [5.41, 5.74) is 4.57. The van der Waals surface area contributed by atoms with E-state index in [-0.39, 0.29) is 5.91 Å². The maximum absolute atomic E-state index is 12.0. The van der Waals surface area contributed by atoms with E-state index in [1.165, 1.54) is 0 Å². The Hall–Kier alpha value is -2.34. The lowest BCUT2D eigenvalue weighted by atomic mass is 10.1. The van der Waals surface area contributed by atoms with Crippen LogP contribution in [0.25, 0.3) is 0 Å². The number of benzene rings is 1. The molecule has 0 fully saturated rings. The molecule has 0 spiro atoms. The Labute approximate surface area is 105 Å². The van der Waals surface area contributed by atoms with Gasteiger partial charge in [0, 0.05) is 25.4 Å². The van der Waals surface area contributed by atoms with Gasteiger partial charge in [-0.2, -0.15) is 5.10 Å². The molecule has 0 radical (unpaired) electrons. The predicted octanol–water partition coefficient (Wildman–Crippen LogP) is 0.636. The molecule has 94 valence electrons. The Balaban J connectivity index is 2.03. The minimum absolute atomic E-state index is 0.174. The molecule has 0 aliphatic carbocycles. The van der Waals surface area contributed by atoms with Crippen LogP contribution >= 0.6 is 0 Å². The standard InChI is InChI=1S/C12H15N5O/c1-17-8-9(7-15-17)6-14-12(18)10-4-2-3-5-11(10)16-13/h2-5,7-8,16H,6,13H2,1H3,(H,14,18). The van der Waals surface area contributed by atoms with Gasteiger partial charge < -0.3 is 10.7 Å². The molecule has 0 saturated carbocycles. The highest BCUT2D eigenvalue weighted by Crippen LogP contribution is 2.13. The second-order valence-electron chi connectivity index (χ2n) is 3.89. The third kappa shape index (κ3) is 2.67. The van der Waals surface area contributed by atoms with Crippen molar-refractivity contribution in [2.24, 2.45) is 12.9 Å². The van der Waals surface area contributed by atoms with E-state index in [0.717, 1.165) is 5.56 Å². The molecule has 2 aromatic rings. The quantitative estimate of drug-likeness (QED) is 0.545. The normalized spacial score (nSPS) is 10.1. The van der Waals surface area contributed by atoms with E-state index in [1.54, 1.807) is 29.1 Å². The Morgan fingerprint density at radius 3 is 2.89 bits per heavy atom. The topological polar surface area (TPSA) is 85.0 Å². The number of para-hydroxylation sites is 1. The molecule has 0 aliphatic rings. The number of carbonyl (C=O) groups excluding carboxylic acids is 1. The first kappa shape index (κ1) is 12.1. The summed E-state index contributed by atoms with van der Waals surface area (Å²) in [7, 11) is 1.83. The van der Waals surface area contributed by atoms with Gasteiger partial charge in [-0.05, 0) is 12.1 Å². The zero-order valence-corrected chi connectivity index (χ0v) is 10.1. The molecular formula is C12H15N5O. The van der Waals surface area contributed by atoms with Gasteiger partial charge in [-0.15, -0.1) is 0 Å². The van der Waals surface area contributed by atoms with Crippen molar-refractivity contribution in [3.8, 4) is 0 Å². The van der Waals surface area contributed by atoms with Gasteiger partial charge in [-0.3, -0.25) is 15.3 Å². The number of amides is 1. The van der Waals surface area contributed by atoms with E-state index in [0.29, 0.717) is 17.8 Å². The fourth-order valence-electron chi connectivity index (χ4n) is 1.65. The van der Waals surface area contributed by atoms with Crippen molar-refractivity contribution in [2.45, 2.75) is 6.54 Å². The molecule has 2 rings (SSSR count). The number of hydrazine groups is 1. The highest BCUT2D eigenvalue weighted by Gasteiger charge is 2.09. The molecule has 18 heavy (non-hydrogen) atoms. The van der Waals surface area contributed by atoms with Gasteiger partial charge in [0.15, 0.2) is 0 Å². The Bertz CT molecular complexity index is 549. The molecule has 4 N–H and O–H groups in total. The molecule has 1 heterocycles. The highest BCUT2D eigenvalue weighted by molar-refractivity contribution is 5.99. The minimum atomic E-state index is -0.174. The van der Waals surface area contributed by atoms with E-state index < -0.39 is 0 Å². The summed E-state index contributed by atoms with van der Waals surface area (Å²) in [6, 6.07) is 7.07. The first-order chi connectivity index (χ1) is 8.70. The van der Waals surface area contributed by atoms with Gasteiger partial charge in [0.25, 0.3) is 5.91 Å². The number of anilines is 1. The summed E-state index contributed by atoms with van der Waals surface area (Å²) >= 11 is 0. The Kier molecular flexibility index (Phi) is 3.59. The van der Waals surface area contributed by atoms with Crippen LogP contribution in [0.2, 0.25) is 0 Å². The summed E-state index contributed by atoms with van der Waals surface area (Å²) in [5.74, 6) is 5.18. The molecule has 0 atom stereocenters. The molecule has 1 amide bonds. The van der Waals surface area contributed by atoms with Gasteiger partial charge in [0.05, 0.1) is 17.4 Å². The average Bonchev–Trinajstić information content (AvgIpc) is 2.81. The van der Waals surface area contributed by atoms with Crippen molar-refractivity contribution in [2.75, 3.05) is 5.43 Å². The summed E-state index contributed by atoms with van der Waals surface area (Å²) in [5, 5.41) is 6.85. The monoisotopic (exact) mass is 245 g/mol. The number of nitrogen functional groups attached to an aromatic ring is 1. The second-order valence-corrected chi connectivity index (χ2v) is 3.89. The van der Waals surface area contributed by atoms with Crippen molar-refractivity contribution >= 4 is 11.6 Å². The molecular weight excluding hydrogens is 230 g/mol. The van der Waals surface area contributed by atoms with E-state index in [9.17, 15) is 4.79 Å². The van der Waals surface area contributed by atoms with Crippen molar-refractivity contribution in [3.63, 3.8) is 0 Å². The van der Waals surface area contributed by atoms with Gasteiger partial charge >= 0.3 is 0 Å². The lowest BCUT2D eigenvalue weighted by Crippen LogP contribution is -2.24. The SMILES string of the molecule is Cn1cc(CNC(=O)c2ccccc2NN)cn1. The number of nitrogens with one attached hydrogen (secondary N) is 2. The number of nitrogens with two attached hydrogens (primary N) is 1. The van der Waals surface area contributed by atoms with E-state index >= 15 is 0 Å². The fraction of sp³-hybridized carbons (Fsp3) is 0.167.